The fourth-order valence-electron chi connectivity index (χ4n) is 1.41. The second-order valence-corrected chi connectivity index (χ2v) is 4.35. The van der Waals surface area contributed by atoms with Gasteiger partial charge in [-0.05, 0) is 6.42 Å². The van der Waals surface area contributed by atoms with Gasteiger partial charge in [0.05, 0.1) is 13.6 Å². The maximum atomic E-state index is 10.1. The van der Waals surface area contributed by atoms with Gasteiger partial charge in [0.15, 0.2) is 0 Å². The quantitative estimate of drug-likeness (QED) is 0.631. The normalized spacial score (nSPS) is 20.2. The number of unbranched alkanes of at least 4 members (excludes halogenated alkanes) is 1. The number of guanidine groups is 1. The first-order valence-electron chi connectivity index (χ1n) is 6.17. The van der Waals surface area contributed by atoms with Crippen molar-refractivity contribution < 1.29 is 14.5 Å². The third-order valence-electron chi connectivity index (χ3n) is 2.48. The molecule has 0 aliphatic carbocycles. The molecule has 4 N–H and O–H groups in total. The molecule has 2 heterocycles. The maximum Gasteiger partial charge on any atom is 0.266 e. The molecule has 0 radical (unpaired) electrons. The third kappa shape index (κ3) is 4.43. The van der Waals surface area contributed by atoms with Crippen LogP contribution >= 0.6 is 0 Å². The minimum Gasteiger partial charge on any atom is -0.544 e. The van der Waals surface area contributed by atoms with Crippen molar-refractivity contribution in [2.75, 3.05) is 0 Å². The minimum atomic E-state index is -2.11. The molecule has 0 spiro atoms. The van der Waals surface area contributed by atoms with Crippen LogP contribution in [0.4, 0.5) is 0 Å². The van der Waals surface area contributed by atoms with E-state index in [-0.39, 0.29) is 5.96 Å². The molecule has 110 valence electrons. The Kier molecular flexibility index (Phi) is 5.32. The monoisotopic (exact) mass is 281 g/mol. The summed E-state index contributed by atoms with van der Waals surface area (Å²) in [7, 11) is 2.04. The van der Waals surface area contributed by atoms with Gasteiger partial charge in [0, 0.05) is 0 Å². The topological polar surface area (TPSA) is 138 Å². The summed E-state index contributed by atoms with van der Waals surface area (Å²) < 4.78 is 4.28. The maximum absolute atomic E-state index is 10.1. The van der Waals surface area contributed by atoms with Crippen LogP contribution in [0.1, 0.15) is 19.8 Å². The number of carboxylic acid groups (broad SMARTS) is 1. The van der Waals surface area contributed by atoms with Crippen molar-refractivity contribution in [1.29, 1.82) is 0 Å². The Hall–Kier alpha value is -2.29. The molecule has 0 saturated carbocycles. The molecule has 9 nitrogen and oxygen atoms in total. The van der Waals surface area contributed by atoms with Gasteiger partial charge in [-0.25, -0.2) is 9.13 Å². The van der Waals surface area contributed by atoms with Gasteiger partial charge in [-0.15, -0.1) is 10.2 Å². The fourth-order valence-corrected chi connectivity index (χ4v) is 1.41. The molecule has 20 heavy (non-hydrogen) atoms. The molecule has 1 aliphatic rings. The van der Waals surface area contributed by atoms with E-state index in [0.29, 0.717) is 0 Å². The molecule has 0 saturated heterocycles. The molecular weight excluding hydrogens is 262 g/mol. The molecule has 0 fully saturated rings. The predicted octanol–water partition coefficient (Wildman–Crippen LogP) is -1.76. The molecule has 2 rings (SSSR count). The van der Waals surface area contributed by atoms with Gasteiger partial charge < -0.3 is 15.6 Å². The molecule has 0 aromatic carbocycles. The first-order valence-corrected chi connectivity index (χ1v) is 6.17. The van der Waals surface area contributed by atoms with E-state index in [4.69, 9.17) is 11.5 Å². The summed E-state index contributed by atoms with van der Waals surface area (Å²) >= 11 is 0. The number of aryl methyl sites for hydroxylation is 2. The van der Waals surface area contributed by atoms with Gasteiger partial charge in [0.2, 0.25) is 12.3 Å². The Balaban J connectivity index is 0.000000200. The summed E-state index contributed by atoms with van der Waals surface area (Å²) in [6, 6.07) is 0. The van der Waals surface area contributed by atoms with Crippen LogP contribution in [0.2, 0.25) is 0 Å². The van der Waals surface area contributed by atoms with Crippen LogP contribution < -0.4 is 21.1 Å². The SMILES string of the molecule is CCCC[n+]1ccn(C)c1.NC1=NC(N)(C(=O)[O-])N=N1. The van der Waals surface area contributed by atoms with Gasteiger partial charge in [0.1, 0.15) is 18.4 Å². The van der Waals surface area contributed by atoms with Crippen molar-refractivity contribution in [1.82, 2.24) is 4.57 Å². The number of aliphatic carboxylic acids is 1. The number of nitrogens with zero attached hydrogens (tertiary/aromatic N) is 5. The van der Waals surface area contributed by atoms with Gasteiger partial charge in [0.25, 0.3) is 5.79 Å². The van der Waals surface area contributed by atoms with Crippen LogP contribution in [-0.4, -0.2) is 22.3 Å². The van der Waals surface area contributed by atoms with Crippen LogP contribution in [0.5, 0.6) is 0 Å². The molecule has 0 bridgehead atoms. The molecular formula is C11H19N7O2. The number of rotatable bonds is 4. The standard InChI is InChI=1S/C8H15N2.C3H5N5O2/c1-3-4-5-10-7-6-9(2)8-10;4-2-6-3(5,1(9)10)8-7-2/h6-8H,3-5H2,1-2H3;5H2,(H2,4,6)(H,9,10)/q+1;/p-1. The van der Waals surface area contributed by atoms with E-state index in [9.17, 15) is 9.90 Å². The number of hydrogen-bond acceptors (Lipinski definition) is 7. The second kappa shape index (κ2) is 6.75. The van der Waals surface area contributed by atoms with Crippen LogP contribution in [-0.2, 0) is 18.4 Å². The van der Waals surface area contributed by atoms with E-state index in [1.165, 1.54) is 12.8 Å². The molecule has 9 heteroatoms. The fraction of sp³-hybridized carbons (Fsp3) is 0.545. The van der Waals surface area contributed by atoms with Gasteiger partial charge in [-0.3, -0.25) is 5.73 Å². The van der Waals surface area contributed by atoms with Gasteiger partial charge in [-0.2, -0.15) is 4.99 Å². The largest absolute Gasteiger partial charge is 0.544 e. The summed E-state index contributed by atoms with van der Waals surface area (Å²) in [5, 5.41) is 16.3. The van der Waals surface area contributed by atoms with Crippen molar-refractivity contribution in [2.24, 2.45) is 33.7 Å². The highest BCUT2D eigenvalue weighted by Crippen LogP contribution is 2.10. The molecule has 0 amide bonds. The van der Waals surface area contributed by atoms with Crippen LogP contribution in [0.15, 0.2) is 33.9 Å². The van der Waals surface area contributed by atoms with Gasteiger partial charge in [-0.1, -0.05) is 13.3 Å². The first-order chi connectivity index (χ1) is 9.37. The van der Waals surface area contributed by atoms with Crippen LogP contribution in [0, 0.1) is 0 Å². The first kappa shape index (κ1) is 15.8. The number of azo groups is 1. The zero-order valence-electron chi connectivity index (χ0n) is 11.6. The number of nitrogens with two attached hydrogens (primary N) is 2. The highest BCUT2D eigenvalue weighted by molar-refractivity contribution is 5.86. The summed E-state index contributed by atoms with van der Waals surface area (Å²) in [5.74, 6) is -3.99. The van der Waals surface area contributed by atoms with E-state index in [2.05, 4.69) is 50.0 Å². The predicted molar refractivity (Wildman–Crippen MR) is 68.9 cm³/mol. The number of carbonyl (C=O) groups excluding carboxylic acids is 1. The lowest BCUT2D eigenvalue weighted by atomic mass is 10.3. The summed E-state index contributed by atoms with van der Waals surface area (Å²) in [6.45, 7) is 3.36. The number of aliphatic imine (C=N–C) groups is 1. The summed E-state index contributed by atoms with van der Waals surface area (Å²) in [6.07, 6.45) is 8.82. The lowest BCUT2D eigenvalue weighted by Crippen LogP contribution is -2.51. The number of carbonyl (C=O) groups is 1. The number of imidazole rings is 1. The minimum absolute atomic E-state index is 0.258. The van der Waals surface area contributed by atoms with Crippen molar-refractivity contribution in [3.8, 4) is 0 Å². The average molecular weight is 281 g/mol. The van der Waals surface area contributed by atoms with E-state index in [1.54, 1.807) is 0 Å². The van der Waals surface area contributed by atoms with Crippen LogP contribution in [0.3, 0.4) is 0 Å². The Morgan fingerprint density at radius 1 is 1.60 bits per heavy atom. The molecule has 1 aromatic heterocycles. The van der Waals surface area contributed by atoms with Crippen LogP contribution in [0.25, 0.3) is 0 Å². The zero-order chi connectivity index (χ0) is 15.2. The third-order valence-corrected chi connectivity index (χ3v) is 2.48. The Morgan fingerprint density at radius 3 is 2.65 bits per heavy atom. The zero-order valence-corrected chi connectivity index (χ0v) is 11.6. The Labute approximate surface area is 116 Å². The molecule has 1 aromatic rings. The lowest BCUT2D eigenvalue weighted by molar-refractivity contribution is -0.696. The van der Waals surface area contributed by atoms with Crippen molar-refractivity contribution in [3.63, 3.8) is 0 Å². The molecule has 1 aliphatic heterocycles. The second-order valence-electron chi connectivity index (χ2n) is 4.35. The molecule has 1 atom stereocenters. The van der Waals surface area contributed by atoms with Crippen molar-refractivity contribution >= 4 is 11.9 Å². The number of hydrogen-bond donors (Lipinski definition) is 2. The van der Waals surface area contributed by atoms with Crippen molar-refractivity contribution in [2.45, 2.75) is 32.1 Å². The summed E-state index contributed by atoms with van der Waals surface area (Å²) in [5.41, 5.74) is 9.97. The smallest absolute Gasteiger partial charge is 0.266 e. The van der Waals surface area contributed by atoms with E-state index < -0.39 is 11.8 Å². The Bertz CT molecular complexity index is 523. The average Bonchev–Trinajstić information content (AvgIpc) is 2.95. The van der Waals surface area contributed by atoms with E-state index >= 15 is 0 Å². The molecule has 1 unspecified atom stereocenters. The highest BCUT2D eigenvalue weighted by Gasteiger charge is 2.29. The lowest BCUT2D eigenvalue weighted by Gasteiger charge is -2.14. The summed E-state index contributed by atoms with van der Waals surface area (Å²) in [4.78, 5) is 13.3. The Morgan fingerprint density at radius 2 is 2.30 bits per heavy atom. The number of carboxylic acids is 1. The van der Waals surface area contributed by atoms with E-state index in [0.717, 1.165) is 6.54 Å². The number of aromatic nitrogens is 2. The highest BCUT2D eigenvalue weighted by atomic mass is 16.4. The van der Waals surface area contributed by atoms with Gasteiger partial charge >= 0.3 is 0 Å². The van der Waals surface area contributed by atoms with Crippen molar-refractivity contribution in [3.05, 3.63) is 18.7 Å². The van der Waals surface area contributed by atoms with E-state index in [1.807, 2.05) is 7.05 Å².